The van der Waals surface area contributed by atoms with Gasteiger partial charge in [0.05, 0.1) is 12.5 Å². The van der Waals surface area contributed by atoms with E-state index in [-0.39, 0.29) is 24.2 Å². The Kier molecular flexibility index (Phi) is 4.51. The lowest BCUT2D eigenvalue weighted by molar-refractivity contribution is -0.134. The highest BCUT2D eigenvalue weighted by atomic mass is 19.1. The maximum atomic E-state index is 13.4. The van der Waals surface area contributed by atoms with Crippen LogP contribution in [0.4, 0.5) is 4.39 Å². The number of carbonyl (C=O) groups excluding carboxylic acids is 1. The quantitative estimate of drug-likeness (QED) is 0.839. The standard InChI is InChI=1S/C19H23FN4O/c20-16-5-3-4-15(10-16)11-18(25)24-9-2-1-6-17(24)19-22-21-13-23(19)12-14-7-8-14/h3-5,10,13-14,17H,1-2,6-9,11-12H2/t17-/m0/s1. The number of rotatable bonds is 5. The average Bonchev–Trinajstić information content (AvgIpc) is 3.30. The first-order valence-electron chi connectivity index (χ1n) is 9.12. The summed E-state index contributed by atoms with van der Waals surface area (Å²) in [7, 11) is 0. The Morgan fingerprint density at radius 1 is 1.24 bits per heavy atom. The molecule has 1 atom stereocenters. The molecule has 132 valence electrons. The normalized spacial score (nSPS) is 20.7. The van der Waals surface area contributed by atoms with Crippen molar-refractivity contribution in [3.05, 3.63) is 47.8 Å². The lowest BCUT2D eigenvalue weighted by Gasteiger charge is -2.35. The molecule has 1 amide bonds. The van der Waals surface area contributed by atoms with E-state index in [1.165, 1.54) is 25.0 Å². The second kappa shape index (κ2) is 6.94. The number of nitrogens with zero attached hydrogens (tertiary/aromatic N) is 4. The molecule has 1 aliphatic heterocycles. The SMILES string of the molecule is O=C(Cc1cccc(F)c1)N1CCCC[C@H]1c1nncn1CC1CC1. The first-order valence-corrected chi connectivity index (χ1v) is 9.12. The molecule has 1 saturated carbocycles. The van der Waals surface area contributed by atoms with Gasteiger partial charge in [0, 0.05) is 13.1 Å². The maximum absolute atomic E-state index is 13.4. The van der Waals surface area contributed by atoms with Crippen molar-refractivity contribution in [2.24, 2.45) is 5.92 Å². The number of hydrogen-bond donors (Lipinski definition) is 0. The molecule has 2 aliphatic rings. The maximum Gasteiger partial charge on any atom is 0.227 e. The number of amides is 1. The largest absolute Gasteiger partial charge is 0.332 e. The van der Waals surface area contributed by atoms with Gasteiger partial charge in [-0.25, -0.2) is 4.39 Å². The predicted octanol–water partition coefficient (Wildman–Crippen LogP) is 3.12. The van der Waals surface area contributed by atoms with Crippen molar-refractivity contribution in [1.29, 1.82) is 0 Å². The molecule has 4 rings (SSSR count). The lowest BCUT2D eigenvalue weighted by Crippen LogP contribution is -2.40. The van der Waals surface area contributed by atoms with E-state index in [0.717, 1.165) is 44.1 Å². The van der Waals surface area contributed by atoms with E-state index < -0.39 is 0 Å². The summed E-state index contributed by atoms with van der Waals surface area (Å²) in [5, 5.41) is 8.43. The zero-order chi connectivity index (χ0) is 17.2. The Balaban J connectivity index is 1.52. The van der Waals surface area contributed by atoms with Crippen LogP contribution in [0.1, 0.15) is 49.5 Å². The van der Waals surface area contributed by atoms with Crippen LogP contribution in [0.25, 0.3) is 0 Å². The zero-order valence-electron chi connectivity index (χ0n) is 14.3. The Labute approximate surface area is 146 Å². The number of halogens is 1. The highest BCUT2D eigenvalue weighted by Gasteiger charge is 2.32. The fourth-order valence-corrected chi connectivity index (χ4v) is 3.66. The van der Waals surface area contributed by atoms with Crippen molar-refractivity contribution in [1.82, 2.24) is 19.7 Å². The van der Waals surface area contributed by atoms with E-state index in [1.54, 1.807) is 18.5 Å². The molecule has 1 aromatic heterocycles. The fourth-order valence-electron chi connectivity index (χ4n) is 3.66. The van der Waals surface area contributed by atoms with Crippen molar-refractivity contribution in [3.63, 3.8) is 0 Å². The number of piperidine rings is 1. The molecule has 0 bridgehead atoms. The van der Waals surface area contributed by atoms with Crippen molar-refractivity contribution < 1.29 is 9.18 Å². The monoisotopic (exact) mass is 342 g/mol. The molecule has 1 aromatic carbocycles. The molecule has 0 spiro atoms. The van der Waals surface area contributed by atoms with Gasteiger partial charge in [0.1, 0.15) is 12.1 Å². The lowest BCUT2D eigenvalue weighted by atomic mass is 10.00. The topological polar surface area (TPSA) is 51.0 Å². The highest BCUT2D eigenvalue weighted by Crippen LogP contribution is 2.34. The van der Waals surface area contributed by atoms with Crippen molar-refractivity contribution >= 4 is 5.91 Å². The van der Waals surface area contributed by atoms with Gasteiger partial charge in [-0.2, -0.15) is 0 Å². The molecule has 1 saturated heterocycles. The van der Waals surface area contributed by atoms with Gasteiger partial charge >= 0.3 is 0 Å². The fraction of sp³-hybridized carbons (Fsp3) is 0.526. The van der Waals surface area contributed by atoms with Gasteiger partial charge in [-0.3, -0.25) is 4.79 Å². The van der Waals surface area contributed by atoms with Crippen molar-refractivity contribution in [3.8, 4) is 0 Å². The van der Waals surface area contributed by atoms with Crippen LogP contribution in [-0.2, 0) is 17.8 Å². The van der Waals surface area contributed by atoms with Gasteiger partial charge in [0.2, 0.25) is 5.91 Å². The number of benzene rings is 1. The van der Waals surface area contributed by atoms with Gasteiger partial charge in [-0.05, 0) is 55.7 Å². The van der Waals surface area contributed by atoms with Crippen LogP contribution in [0.5, 0.6) is 0 Å². The summed E-state index contributed by atoms with van der Waals surface area (Å²) in [5.41, 5.74) is 0.716. The van der Waals surface area contributed by atoms with Gasteiger partial charge < -0.3 is 9.47 Å². The Morgan fingerprint density at radius 2 is 2.12 bits per heavy atom. The van der Waals surface area contributed by atoms with Gasteiger partial charge in [0.25, 0.3) is 0 Å². The summed E-state index contributed by atoms with van der Waals surface area (Å²) in [5.74, 6) is 1.37. The van der Waals surface area contributed by atoms with Gasteiger partial charge in [-0.1, -0.05) is 12.1 Å². The van der Waals surface area contributed by atoms with E-state index in [4.69, 9.17) is 0 Å². The van der Waals surface area contributed by atoms with E-state index in [2.05, 4.69) is 14.8 Å². The van der Waals surface area contributed by atoms with Crippen molar-refractivity contribution in [2.45, 2.75) is 51.1 Å². The van der Waals surface area contributed by atoms with Gasteiger partial charge in [-0.15, -0.1) is 10.2 Å². The minimum atomic E-state index is -0.301. The number of likely N-dealkylation sites (tertiary alicyclic amines) is 1. The van der Waals surface area contributed by atoms with E-state index in [9.17, 15) is 9.18 Å². The molecular weight excluding hydrogens is 319 g/mol. The van der Waals surface area contributed by atoms with Crippen molar-refractivity contribution in [2.75, 3.05) is 6.54 Å². The third-order valence-electron chi connectivity index (χ3n) is 5.16. The van der Waals surface area contributed by atoms with Crippen LogP contribution in [0.3, 0.4) is 0 Å². The Morgan fingerprint density at radius 3 is 2.92 bits per heavy atom. The van der Waals surface area contributed by atoms with Crippen LogP contribution in [0, 0.1) is 11.7 Å². The molecule has 5 nitrogen and oxygen atoms in total. The molecule has 2 aromatic rings. The molecular formula is C19H23FN4O. The molecule has 0 radical (unpaired) electrons. The molecule has 1 aliphatic carbocycles. The first kappa shape index (κ1) is 16.2. The molecule has 0 unspecified atom stereocenters. The molecule has 0 N–H and O–H groups in total. The van der Waals surface area contributed by atoms with E-state index in [0.29, 0.717) is 5.56 Å². The number of aromatic nitrogens is 3. The summed E-state index contributed by atoms with van der Waals surface area (Å²) < 4.78 is 15.5. The Bertz CT molecular complexity index is 755. The summed E-state index contributed by atoms with van der Waals surface area (Å²) in [4.78, 5) is 14.8. The second-order valence-corrected chi connectivity index (χ2v) is 7.19. The van der Waals surface area contributed by atoms with Crippen LogP contribution in [0.15, 0.2) is 30.6 Å². The van der Waals surface area contributed by atoms with Gasteiger partial charge in [0.15, 0.2) is 5.82 Å². The van der Waals surface area contributed by atoms with E-state index >= 15 is 0 Å². The molecule has 6 heteroatoms. The van der Waals surface area contributed by atoms with Crippen LogP contribution >= 0.6 is 0 Å². The van der Waals surface area contributed by atoms with Crippen LogP contribution in [-0.4, -0.2) is 32.1 Å². The summed E-state index contributed by atoms with van der Waals surface area (Å²) >= 11 is 0. The Hall–Kier alpha value is -2.24. The summed E-state index contributed by atoms with van der Waals surface area (Å²) in [6, 6.07) is 6.27. The molecule has 2 fully saturated rings. The second-order valence-electron chi connectivity index (χ2n) is 7.19. The molecule has 25 heavy (non-hydrogen) atoms. The third-order valence-corrected chi connectivity index (χ3v) is 5.16. The van der Waals surface area contributed by atoms with Crippen LogP contribution in [0.2, 0.25) is 0 Å². The smallest absolute Gasteiger partial charge is 0.227 e. The number of carbonyl (C=O) groups is 1. The minimum Gasteiger partial charge on any atom is -0.332 e. The zero-order valence-corrected chi connectivity index (χ0v) is 14.3. The molecule has 2 heterocycles. The number of hydrogen-bond acceptors (Lipinski definition) is 3. The van der Waals surface area contributed by atoms with Crippen LogP contribution < -0.4 is 0 Å². The summed E-state index contributed by atoms with van der Waals surface area (Å²) in [6.07, 6.45) is 7.56. The summed E-state index contributed by atoms with van der Waals surface area (Å²) in [6.45, 7) is 1.68. The average molecular weight is 342 g/mol. The predicted molar refractivity (Wildman–Crippen MR) is 91.2 cm³/mol. The van der Waals surface area contributed by atoms with E-state index in [1.807, 2.05) is 4.90 Å². The minimum absolute atomic E-state index is 0.0175. The third kappa shape index (κ3) is 3.72. The first-order chi connectivity index (χ1) is 12.2. The highest BCUT2D eigenvalue weighted by molar-refractivity contribution is 5.79.